The molecule has 0 bridgehead atoms. The second kappa shape index (κ2) is 3.72. The zero-order valence-electron chi connectivity index (χ0n) is 15.2. The summed E-state index contributed by atoms with van der Waals surface area (Å²) in [6, 6.07) is -1.18. The van der Waals surface area contributed by atoms with Crippen molar-refractivity contribution in [3.8, 4) is 5.88 Å². The van der Waals surface area contributed by atoms with Crippen molar-refractivity contribution in [1.29, 1.82) is 0 Å². The van der Waals surface area contributed by atoms with Gasteiger partial charge in [0.2, 0.25) is 5.88 Å². The average molecular weight is 226 g/mol. The van der Waals surface area contributed by atoms with E-state index in [-0.39, 0.29) is 4.47 Å². The van der Waals surface area contributed by atoms with Gasteiger partial charge in [-0.1, -0.05) is 15.9 Å². The highest BCUT2D eigenvalue weighted by Crippen LogP contribution is 2.16. The molecule has 0 aliphatic heterocycles. The van der Waals surface area contributed by atoms with E-state index in [2.05, 4.69) is 25.7 Å². The van der Waals surface area contributed by atoms with E-state index in [0.29, 0.717) is 0 Å². The van der Waals surface area contributed by atoms with Crippen LogP contribution in [0.1, 0.15) is 26.3 Å². The lowest BCUT2D eigenvalue weighted by atomic mass is 10.4. The molecule has 1 heterocycles. The minimum Gasteiger partial charge on any atom is -0.478 e. The van der Waals surface area contributed by atoms with Gasteiger partial charge in [0.05, 0.1) is 12.0 Å². The number of hydrogen-bond acceptors (Lipinski definition) is 2. The molecule has 1 aromatic rings. The molecule has 0 spiro atoms. The zero-order chi connectivity index (χ0) is 16.8. The fourth-order valence-corrected chi connectivity index (χ4v) is 0.841. The standard InChI is InChI=1S/C8H10BrNO/c1-3-11-8-5-7(9)4-6(2)10-8/h4-5H,3H2,1-2H3/i1D3,2D3,3D2,4D,5D. The summed E-state index contributed by atoms with van der Waals surface area (Å²) in [7, 11) is 0. The lowest BCUT2D eigenvalue weighted by Crippen LogP contribution is -1.95. The van der Waals surface area contributed by atoms with E-state index >= 15 is 0 Å². The Bertz CT molecular complexity index is 551. The van der Waals surface area contributed by atoms with Gasteiger partial charge >= 0.3 is 0 Å². The topological polar surface area (TPSA) is 22.1 Å². The molecule has 0 aliphatic rings. The summed E-state index contributed by atoms with van der Waals surface area (Å²) in [6.45, 7) is -9.11. The lowest BCUT2D eigenvalue weighted by Gasteiger charge is -2.02. The van der Waals surface area contributed by atoms with Crippen molar-refractivity contribution in [3.05, 3.63) is 22.3 Å². The Kier molecular flexibility index (Phi) is 0.751. The van der Waals surface area contributed by atoms with Crippen molar-refractivity contribution in [2.75, 3.05) is 6.56 Å². The van der Waals surface area contributed by atoms with E-state index in [0.717, 1.165) is 0 Å². The van der Waals surface area contributed by atoms with Crippen LogP contribution in [0.5, 0.6) is 5.88 Å². The molecule has 0 aromatic carbocycles. The lowest BCUT2D eigenvalue weighted by molar-refractivity contribution is 0.326. The molecule has 1 rings (SSSR count). The fraction of sp³-hybridized carbons (Fsp3) is 0.375. The van der Waals surface area contributed by atoms with Gasteiger partial charge in [-0.05, 0) is 19.7 Å². The minimum absolute atomic E-state index is 0.278. The molecule has 0 N–H and O–H groups in total. The van der Waals surface area contributed by atoms with Crippen LogP contribution in [-0.4, -0.2) is 11.5 Å². The van der Waals surface area contributed by atoms with Crippen molar-refractivity contribution in [2.24, 2.45) is 0 Å². The molecule has 0 amide bonds. The van der Waals surface area contributed by atoms with Gasteiger partial charge in [0.25, 0.3) is 0 Å². The second-order valence-electron chi connectivity index (χ2n) is 1.53. The predicted molar refractivity (Wildman–Crippen MR) is 47.8 cm³/mol. The van der Waals surface area contributed by atoms with Crippen LogP contribution in [0.25, 0.3) is 0 Å². The molecule has 0 aliphatic carbocycles. The van der Waals surface area contributed by atoms with Crippen molar-refractivity contribution in [2.45, 2.75) is 13.7 Å². The highest BCUT2D eigenvalue weighted by atomic mass is 79.9. The van der Waals surface area contributed by atoms with E-state index in [1.54, 1.807) is 0 Å². The number of aryl methyl sites for hydroxylation is 1. The van der Waals surface area contributed by atoms with Crippen LogP contribution >= 0.6 is 15.9 Å². The smallest absolute Gasteiger partial charge is 0.214 e. The summed E-state index contributed by atoms with van der Waals surface area (Å²) in [5.41, 5.74) is -0.721. The molecule has 60 valence electrons. The first-order valence-electron chi connectivity index (χ1n) is 7.54. The Labute approximate surface area is 88.8 Å². The van der Waals surface area contributed by atoms with E-state index in [9.17, 15) is 0 Å². The molecule has 0 saturated heterocycles. The first-order chi connectivity index (χ1) is 9.18. The van der Waals surface area contributed by atoms with Crippen LogP contribution in [0.2, 0.25) is 0 Å². The first-order valence-corrected chi connectivity index (χ1v) is 3.34. The molecular formula is C8H10BrNO. The molecule has 2 nitrogen and oxygen atoms in total. The van der Waals surface area contributed by atoms with Gasteiger partial charge in [-0.3, -0.25) is 0 Å². The van der Waals surface area contributed by atoms with E-state index < -0.39 is 43.9 Å². The number of nitrogens with zero attached hydrogens (tertiary/aromatic N) is 1. The summed E-state index contributed by atoms with van der Waals surface area (Å²) >= 11 is 2.82. The van der Waals surface area contributed by atoms with Gasteiger partial charge in [-0.25, -0.2) is 4.98 Å². The molecule has 3 heteroatoms. The molecule has 1 aromatic heterocycles. The summed E-state index contributed by atoms with van der Waals surface area (Å²) in [5, 5.41) is 0. The van der Waals surface area contributed by atoms with E-state index in [4.69, 9.17) is 13.7 Å². The third kappa shape index (κ3) is 2.50. The van der Waals surface area contributed by atoms with Gasteiger partial charge < -0.3 is 4.74 Å². The van der Waals surface area contributed by atoms with E-state index in [1.165, 1.54) is 0 Å². The maximum Gasteiger partial charge on any atom is 0.214 e. The van der Waals surface area contributed by atoms with Crippen LogP contribution in [0, 0.1) is 6.85 Å². The van der Waals surface area contributed by atoms with Crippen LogP contribution < -0.4 is 4.74 Å². The summed E-state index contributed by atoms with van der Waals surface area (Å²) < 4.78 is 76.9. The maximum absolute atomic E-state index is 7.63. The Morgan fingerprint density at radius 2 is 2.82 bits per heavy atom. The predicted octanol–water partition coefficient (Wildman–Crippen LogP) is 2.55. The first kappa shape index (κ1) is 2.22. The van der Waals surface area contributed by atoms with Crippen molar-refractivity contribution < 1.29 is 18.4 Å². The van der Waals surface area contributed by atoms with Crippen LogP contribution in [0.4, 0.5) is 0 Å². The SMILES string of the molecule is [2H]c1c(OC([2H])([2H])C([2H])([2H])[2H])nc(C([2H])([2H])[2H])c([2H])c1Br. The molecule has 11 heavy (non-hydrogen) atoms. The summed E-state index contributed by atoms with van der Waals surface area (Å²) in [4.78, 5) is 3.42. The maximum atomic E-state index is 7.63. The van der Waals surface area contributed by atoms with Gasteiger partial charge in [0.15, 0.2) is 0 Å². The summed E-state index contributed by atoms with van der Waals surface area (Å²) in [6.07, 6.45) is 0. The van der Waals surface area contributed by atoms with Crippen molar-refractivity contribution in [3.63, 3.8) is 0 Å². The molecular weight excluding hydrogens is 206 g/mol. The number of rotatable bonds is 2. The largest absolute Gasteiger partial charge is 0.478 e. The summed E-state index contributed by atoms with van der Waals surface area (Å²) in [5.74, 6) is -0.815. The Morgan fingerprint density at radius 1 is 1.91 bits per heavy atom. The zero-order valence-corrected chi connectivity index (χ0v) is 6.82. The third-order valence-corrected chi connectivity index (χ3v) is 1.20. The van der Waals surface area contributed by atoms with Crippen LogP contribution in [0.3, 0.4) is 0 Å². The highest BCUT2D eigenvalue weighted by molar-refractivity contribution is 9.10. The number of pyridine rings is 1. The molecule has 0 atom stereocenters. The molecule has 0 radical (unpaired) electrons. The van der Waals surface area contributed by atoms with Crippen molar-refractivity contribution >= 4 is 15.9 Å². The van der Waals surface area contributed by atoms with Crippen molar-refractivity contribution in [1.82, 2.24) is 4.98 Å². The Morgan fingerprint density at radius 3 is 3.55 bits per heavy atom. The van der Waals surface area contributed by atoms with Gasteiger partial charge in [0.1, 0.15) is 0 Å². The van der Waals surface area contributed by atoms with Crippen LogP contribution in [0.15, 0.2) is 16.6 Å². The average Bonchev–Trinajstić information content (AvgIpc) is 2.26. The van der Waals surface area contributed by atoms with Gasteiger partial charge in [0, 0.05) is 24.4 Å². The highest BCUT2D eigenvalue weighted by Gasteiger charge is 1.96. The number of halogens is 1. The quantitative estimate of drug-likeness (QED) is 0.773. The molecule has 0 fully saturated rings. The van der Waals surface area contributed by atoms with E-state index in [1.807, 2.05) is 0 Å². The Balaban J connectivity index is 3.42. The van der Waals surface area contributed by atoms with Crippen LogP contribution in [-0.2, 0) is 0 Å². The minimum atomic E-state index is -3.16. The van der Waals surface area contributed by atoms with Gasteiger partial charge in [-0.2, -0.15) is 0 Å². The third-order valence-electron chi connectivity index (χ3n) is 0.806. The fourth-order valence-electron chi connectivity index (χ4n) is 0.483. The van der Waals surface area contributed by atoms with Gasteiger partial charge in [-0.15, -0.1) is 0 Å². The normalized spacial score (nSPS) is 26.6. The molecule has 0 saturated carbocycles. The molecule has 0 unspecified atom stereocenters. The number of hydrogen-bond donors (Lipinski definition) is 0. The number of aromatic nitrogens is 1. The second-order valence-corrected chi connectivity index (χ2v) is 2.33. The number of ether oxygens (including phenoxy) is 1. The monoisotopic (exact) mass is 225 g/mol. The Hall–Kier alpha value is -0.570.